The van der Waals surface area contributed by atoms with E-state index in [-0.39, 0.29) is 0 Å². The van der Waals surface area contributed by atoms with Gasteiger partial charge in [0.2, 0.25) is 0 Å². The van der Waals surface area contributed by atoms with Crippen LogP contribution in [0.1, 0.15) is 80.9 Å². The third-order valence-corrected chi connectivity index (χ3v) is 7.31. The van der Waals surface area contributed by atoms with Crippen molar-refractivity contribution in [1.29, 1.82) is 0 Å². The standard InChI is InChI=1S/C34H47NO3/c1-35-27-15-10-8-6-4-5-7-9-11-16-28-38-34(29-17-13-12-14-18-29,30-19-23-32(36-2)24-20-30)31-21-25-33(37-3)26-22-31/h12-14,17-26,35H,4-11,15-16,27-28H2,1-3H3. The van der Waals surface area contributed by atoms with Crippen molar-refractivity contribution >= 4 is 0 Å². The first kappa shape index (κ1) is 29.7. The molecule has 0 radical (unpaired) electrons. The molecular weight excluding hydrogens is 470 g/mol. The summed E-state index contributed by atoms with van der Waals surface area (Å²) in [6.45, 7) is 1.84. The van der Waals surface area contributed by atoms with Gasteiger partial charge in [-0.25, -0.2) is 0 Å². The van der Waals surface area contributed by atoms with Gasteiger partial charge in [-0.1, -0.05) is 106 Å². The predicted octanol–water partition coefficient (Wildman–Crippen LogP) is 8.13. The Kier molecular flexibility index (Phi) is 13.2. The number of hydrogen-bond donors (Lipinski definition) is 1. The van der Waals surface area contributed by atoms with Gasteiger partial charge in [-0.2, -0.15) is 0 Å². The highest BCUT2D eigenvalue weighted by Gasteiger charge is 2.37. The molecule has 0 unspecified atom stereocenters. The van der Waals surface area contributed by atoms with E-state index in [9.17, 15) is 0 Å². The number of hydrogen-bond acceptors (Lipinski definition) is 4. The molecule has 0 saturated heterocycles. The highest BCUT2D eigenvalue weighted by molar-refractivity contribution is 5.49. The largest absolute Gasteiger partial charge is 0.497 e. The molecule has 0 atom stereocenters. The van der Waals surface area contributed by atoms with Crippen LogP contribution in [0.4, 0.5) is 0 Å². The summed E-state index contributed by atoms with van der Waals surface area (Å²) in [6.07, 6.45) is 12.9. The fourth-order valence-electron chi connectivity index (χ4n) is 5.12. The molecule has 0 saturated carbocycles. The zero-order valence-electron chi connectivity index (χ0n) is 23.7. The second-order valence-electron chi connectivity index (χ2n) is 9.99. The van der Waals surface area contributed by atoms with Gasteiger partial charge in [-0.05, 0) is 67.4 Å². The van der Waals surface area contributed by atoms with E-state index < -0.39 is 5.60 Å². The lowest BCUT2D eigenvalue weighted by molar-refractivity contribution is 0.0106. The molecule has 0 aliphatic heterocycles. The average molecular weight is 518 g/mol. The third kappa shape index (κ3) is 8.61. The van der Waals surface area contributed by atoms with Crippen molar-refractivity contribution in [2.24, 2.45) is 0 Å². The molecule has 0 aliphatic rings. The maximum Gasteiger partial charge on any atom is 0.143 e. The van der Waals surface area contributed by atoms with Gasteiger partial charge in [0.05, 0.1) is 14.2 Å². The van der Waals surface area contributed by atoms with Crippen molar-refractivity contribution < 1.29 is 14.2 Å². The van der Waals surface area contributed by atoms with E-state index in [4.69, 9.17) is 14.2 Å². The Labute approximate surface area is 230 Å². The van der Waals surface area contributed by atoms with Crippen molar-refractivity contribution in [2.45, 2.75) is 69.8 Å². The van der Waals surface area contributed by atoms with Gasteiger partial charge in [0, 0.05) is 6.61 Å². The second-order valence-corrected chi connectivity index (χ2v) is 9.99. The number of rotatable bonds is 19. The Balaban J connectivity index is 1.65. The van der Waals surface area contributed by atoms with Crippen LogP contribution in [0.5, 0.6) is 11.5 Å². The molecule has 206 valence electrons. The molecule has 4 heteroatoms. The smallest absolute Gasteiger partial charge is 0.143 e. The molecule has 0 aromatic heterocycles. The maximum atomic E-state index is 6.94. The SMILES string of the molecule is CNCCCCCCCCCCCCOC(c1ccccc1)(c1ccc(OC)cc1)c1ccc(OC)cc1. The van der Waals surface area contributed by atoms with Crippen LogP contribution in [0.2, 0.25) is 0 Å². The van der Waals surface area contributed by atoms with Crippen molar-refractivity contribution in [1.82, 2.24) is 5.32 Å². The number of ether oxygens (including phenoxy) is 3. The zero-order valence-corrected chi connectivity index (χ0v) is 23.7. The molecule has 0 spiro atoms. The summed E-state index contributed by atoms with van der Waals surface area (Å²) in [5.41, 5.74) is 2.58. The van der Waals surface area contributed by atoms with Crippen LogP contribution in [0, 0.1) is 0 Å². The van der Waals surface area contributed by atoms with Gasteiger partial charge < -0.3 is 19.5 Å². The van der Waals surface area contributed by atoms with Gasteiger partial charge in [0.25, 0.3) is 0 Å². The van der Waals surface area contributed by atoms with Gasteiger partial charge in [-0.3, -0.25) is 0 Å². The van der Waals surface area contributed by atoms with Gasteiger partial charge in [0.1, 0.15) is 17.1 Å². The first-order chi connectivity index (χ1) is 18.7. The number of benzene rings is 3. The van der Waals surface area contributed by atoms with Crippen LogP contribution in [-0.2, 0) is 10.3 Å². The Morgan fingerprint density at radius 1 is 0.526 bits per heavy atom. The minimum Gasteiger partial charge on any atom is -0.497 e. The van der Waals surface area contributed by atoms with E-state index in [1.165, 1.54) is 57.8 Å². The normalized spacial score (nSPS) is 11.4. The molecule has 0 amide bonds. The third-order valence-electron chi connectivity index (χ3n) is 7.31. The van der Waals surface area contributed by atoms with Crippen LogP contribution < -0.4 is 14.8 Å². The van der Waals surface area contributed by atoms with Crippen LogP contribution in [0.25, 0.3) is 0 Å². The molecule has 3 aromatic carbocycles. The molecule has 3 rings (SSSR count). The first-order valence-corrected chi connectivity index (χ1v) is 14.4. The summed E-state index contributed by atoms with van der Waals surface area (Å²) in [6, 6.07) is 27.1. The highest BCUT2D eigenvalue weighted by Crippen LogP contribution is 2.41. The highest BCUT2D eigenvalue weighted by atomic mass is 16.5. The molecule has 0 bridgehead atoms. The molecule has 1 N–H and O–H groups in total. The van der Waals surface area contributed by atoms with Crippen molar-refractivity contribution in [2.75, 3.05) is 34.4 Å². The minimum absolute atomic E-state index is 0.693. The number of nitrogens with one attached hydrogen (secondary N) is 1. The lowest BCUT2D eigenvalue weighted by Crippen LogP contribution is -2.33. The monoisotopic (exact) mass is 517 g/mol. The van der Waals surface area contributed by atoms with E-state index in [1.807, 2.05) is 31.3 Å². The Morgan fingerprint density at radius 3 is 1.39 bits per heavy atom. The quantitative estimate of drug-likeness (QED) is 0.129. The van der Waals surface area contributed by atoms with E-state index in [0.29, 0.717) is 6.61 Å². The lowest BCUT2D eigenvalue weighted by Gasteiger charge is -2.36. The summed E-state index contributed by atoms with van der Waals surface area (Å²) in [4.78, 5) is 0. The van der Waals surface area contributed by atoms with E-state index >= 15 is 0 Å². The lowest BCUT2D eigenvalue weighted by atomic mass is 9.80. The Bertz CT molecular complexity index is 955. The van der Waals surface area contributed by atoms with E-state index in [2.05, 4.69) is 59.9 Å². The van der Waals surface area contributed by atoms with Gasteiger partial charge in [0.15, 0.2) is 0 Å². The molecule has 38 heavy (non-hydrogen) atoms. The fourth-order valence-corrected chi connectivity index (χ4v) is 5.12. The molecule has 4 nitrogen and oxygen atoms in total. The molecule has 0 aliphatic carbocycles. The van der Waals surface area contributed by atoms with Crippen LogP contribution in [-0.4, -0.2) is 34.4 Å². The summed E-state index contributed by atoms with van der Waals surface area (Å²) >= 11 is 0. The predicted molar refractivity (Wildman–Crippen MR) is 158 cm³/mol. The summed E-state index contributed by atoms with van der Waals surface area (Å²) in [5.74, 6) is 1.67. The first-order valence-electron chi connectivity index (χ1n) is 14.4. The van der Waals surface area contributed by atoms with Crippen molar-refractivity contribution in [3.63, 3.8) is 0 Å². The summed E-state index contributed by atoms with van der Waals surface area (Å²) < 4.78 is 17.8. The Morgan fingerprint density at radius 2 is 0.947 bits per heavy atom. The van der Waals surface area contributed by atoms with Crippen molar-refractivity contribution in [3.8, 4) is 11.5 Å². The minimum atomic E-state index is -0.715. The molecule has 0 heterocycles. The van der Waals surface area contributed by atoms with E-state index in [0.717, 1.165) is 41.2 Å². The summed E-state index contributed by atoms with van der Waals surface area (Å²) in [5, 5.41) is 3.23. The van der Waals surface area contributed by atoms with Crippen LogP contribution >= 0.6 is 0 Å². The summed E-state index contributed by atoms with van der Waals surface area (Å²) in [7, 11) is 5.43. The molecule has 0 fully saturated rings. The topological polar surface area (TPSA) is 39.7 Å². The van der Waals surface area contributed by atoms with Gasteiger partial charge >= 0.3 is 0 Å². The van der Waals surface area contributed by atoms with Crippen molar-refractivity contribution in [3.05, 3.63) is 95.6 Å². The number of unbranched alkanes of at least 4 members (excludes halogenated alkanes) is 9. The Hall–Kier alpha value is -2.82. The van der Waals surface area contributed by atoms with E-state index in [1.54, 1.807) is 14.2 Å². The van der Waals surface area contributed by atoms with Crippen LogP contribution in [0.15, 0.2) is 78.9 Å². The maximum absolute atomic E-state index is 6.94. The molecule has 3 aromatic rings. The van der Waals surface area contributed by atoms with Crippen LogP contribution in [0.3, 0.4) is 0 Å². The fraction of sp³-hybridized carbons (Fsp3) is 0.471. The van der Waals surface area contributed by atoms with Gasteiger partial charge in [-0.15, -0.1) is 0 Å². The average Bonchev–Trinajstić information content (AvgIpc) is 2.98. The second kappa shape index (κ2) is 16.9. The number of methoxy groups -OCH3 is 2. The molecular formula is C34H47NO3. The zero-order chi connectivity index (χ0) is 26.9.